The van der Waals surface area contributed by atoms with Crippen LogP contribution in [-0.2, 0) is 9.47 Å². The molecular weight excluding hydrogens is 418 g/mol. The lowest BCUT2D eigenvalue weighted by atomic mass is 10.0. The normalized spacial score (nSPS) is 14.0. The summed E-state index contributed by atoms with van der Waals surface area (Å²) in [5.41, 5.74) is 4.28. The van der Waals surface area contributed by atoms with Crippen LogP contribution in [0.3, 0.4) is 0 Å². The van der Waals surface area contributed by atoms with Crippen molar-refractivity contribution in [2.24, 2.45) is 0 Å². The van der Waals surface area contributed by atoms with Crippen LogP contribution < -0.4 is 5.01 Å². The van der Waals surface area contributed by atoms with E-state index in [1.165, 1.54) is 6.20 Å². The van der Waals surface area contributed by atoms with Crippen LogP contribution in [0.25, 0.3) is 11.3 Å². The van der Waals surface area contributed by atoms with Gasteiger partial charge in [-0.2, -0.15) is 0 Å². The average molecular weight is 446 g/mol. The molecule has 0 unspecified atom stereocenters. The molecule has 1 aliphatic heterocycles. The van der Waals surface area contributed by atoms with E-state index >= 15 is 0 Å². The number of carbonyl (C=O) groups excluding carboxylic acids is 2. The molecule has 0 radical (unpaired) electrons. The smallest absolute Gasteiger partial charge is 0.339 e. The number of para-hydroxylation sites is 1. The van der Waals surface area contributed by atoms with Gasteiger partial charge in [0.1, 0.15) is 0 Å². The zero-order valence-corrected chi connectivity index (χ0v) is 18.9. The predicted molar refractivity (Wildman–Crippen MR) is 126 cm³/mol. The monoisotopic (exact) mass is 445 g/mol. The Kier molecular flexibility index (Phi) is 7.12. The van der Waals surface area contributed by atoms with Crippen molar-refractivity contribution in [3.8, 4) is 11.3 Å². The first-order valence-electron chi connectivity index (χ1n) is 11.0. The van der Waals surface area contributed by atoms with Gasteiger partial charge >= 0.3 is 5.97 Å². The molecular formula is C26H27N3O4. The number of rotatable bonds is 6. The fourth-order valence-electron chi connectivity index (χ4n) is 3.77. The second-order valence-corrected chi connectivity index (χ2v) is 7.70. The van der Waals surface area contributed by atoms with Crippen LogP contribution in [0.2, 0.25) is 0 Å². The number of hydrogen-bond donors (Lipinski definition) is 0. The maximum Gasteiger partial charge on any atom is 0.339 e. The van der Waals surface area contributed by atoms with Gasteiger partial charge in [-0.3, -0.25) is 9.78 Å². The van der Waals surface area contributed by atoms with Gasteiger partial charge in [0.05, 0.1) is 36.8 Å². The van der Waals surface area contributed by atoms with Crippen LogP contribution in [0.5, 0.6) is 0 Å². The molecule has 2 aromatic carbocycles. The number of esters is 1. The van der Waals surface area contributed by atoms with Crippen LogP contribution in [0, 0.1) is 6.92 Å². The Bertz CT molecular complexity index is 1110. The first kappa shape index (κ1) is 22.6. The van der Waals surface area contributed by atoms with Crippen molar-refractivity contribution in [1.82, 2.24) is 9.99 Å². The Labute approximate surface area is 193 Å². The molecule has 4 rings (SSSR count). The molecule has 1 fully saturated rings. The summed E-state index contributed by atoms with van der Waals surface area (Å²) in [4.78, 5) is 30.1. The van der Waals surface area contributed by atoms with Gasteiger partial charge in [0.15, 0.2) is 0 Å². The highest BCUT2D eigenvalue weighted by atomic mass is 16.5. The minimum absolute atomic E-state index is 0.118. The summed E-state index contributed by atoms with van der Waals surface area (Å²) in [5, 5.41) is 3.75. The van der Waals surface area contributed by atoms with Gasteiger partial charge in [0, 0.05) is 30.4 Å². The summed E-state index contributed by atoms with van der Waals surface area (Å²) in [6.07, 6.45) is 1.51. The molecule has 0 spiro atoms. The third kappa shape index (κ3) is 5.10. The number of hydrazine groups is 1. The Morgan fingerprint density at radius 2 is 1.76 bits per heavy atom. The minimum Gasteiger partial charge on any atom is -0.462 e. The first-order valence-corrected chi connectivity index (χ1v) is 11.0. The summed E-state index contributed by atoms with van der Waals surface area (Å²) in [5.74, 6) is -0.520. The van der Waals surface area contributed by atoms with Gasteiger partial charge in [-0.1, -0.05) is 24.3 Å². The molecule has 7 heteroatoms. The molecule has 0 atom stereocenters. The number of benzene rings is 2. The standard InChI is InChI=1S/C26H27N3O4/c1-3-33-26(31)21-11-12-24(27-18-21)23-17-20(10-9-19(23)2)25(30)29(22-7-5-4-6-8-22)28-13-15-32-16-14-28/h4-12,17-18H,3,13-16H2,1-2H3. The quantitative estimate of drug-likeness (QED) is 0.532. The van der Waals surface area contributed by atoms with Gasteiger partial charge in [-0.05, 0) is 55.8 Å². The van der Waals surface area contributed by atoms with Crippen molar-refractivity contribution >= 4 is 17.6 Å². The lowest BCUT2D eigenvalue weighted by Gasteiger charge is -2.37. The van der Waals surface area contributed by atoms with Crippen molar-refractivity contribution < 1.29 is 19.1 Å². The largest absolute Gasteiger partial charge is 0.462 e. The highest BCUT2D eigenvalue weighted by Crippen LogP contribution is 2.26. The molecule has 1 amide bonds. The third-order valence-electron chi connectivity index (χ3n) is 5.50. The Morgan fingerprint density at radius 1 is 1.03 bits per heavy atom. The zero-order valence-electron chi connectivity index (χ0n) is 18.9. The van der Waals surface area contributed by atoms with E-state index < -0.39 is 5.97 Å². The predicted octanol–water partition coefficient (Wildman–Crippen LogP) is 4.13. The van der Waals surface area contributed by atoms with E-state index in [9.17, 15) is 9.59 Å². The summed E-state index contributed by atoms with van der Waals surface area (Å²) in [6.45, 7) is 6.47. The molecule has 0 bridgehead atoms. The van der Waals surface area contributed by atoms with Gasteiger partial charge in [0.25, 0.3) is 5.91 Å². The maximum absolute atomic E-state index is 13.7. The lowest BCUT2D eigenvalue weighted by Crippen LogP contribution is -2.52. The molecule has 0 saturated carbocycles. The second-order valence-electron chi connectivity index (χ2n) is 7.70. The fraction of sp³-hybridized carbons (Fsp3) is 0.269. The second kappa shape index (κ2) is 10.4. The molecule has 170 valence electrons. The van der Waals surface area contributed by atoms with E-state index in [0.717, 1.165) is 16.8 Å². The number of aryl methyl sites for hydroxylation is 1. The highest BCUT2D eigenvalue weighted by molar-refractivity contribution is 6.06. The number of carbonyl (C=O) groups is 2. The third-order valence-corrected chi connectivity index (χ3v) is 5.50. The molecule has 3 aromatic rings. The summed E-state index contributed by atoms with van der Waals surface area (Å²) in [6, 6.07) is 18.7. The highest BCUT2D eigenvalue weighted by Gasteiger charge is 2.26. The molecule has 1 aliphatic rings. The number of nitrogens with zero attached hydrogens (tertiary/aromatic N) is 3. The van der Waals surface area contributed by atoms with Crippen molar-refractivity contribution in [2.45, 2.75) is 13.8 Å². The van der Waals surface area contributed by atoms with Crippen molar-refractivity contribution in [3.63, 3.8) is 0 Å². The fourth-order valence-corrected chi connectivity index (χ4v) is 3.77. The number of pyridine rings is 1. The minimum atomic E-state index is -0.402. The van der Waals surface area contributed by atoms with E-state index in [1.54, 1.807) is 24.1 Å². The van der Waals surface area contributed by atoms with Crippen LogP contribution in [0.15, 0.2) is 66.9 Å². The summed E-state index contributed by atoms with van der Waals surface area (Å²) in [7, 11) is 0. The number of aromatic nitrogens is 1. The van der Waals surface area contributed by atoms with Crippen LogP contribution in [0.1, 0.15) is 33.2 Å². The number of anilines is 1. The molecule has 1 saturated heterocycles. The summed E-state index contributed by atoms with van der Waals surface area (Å²) >= 11 is 0. The number of hydrogen-bond acceptors (Lipinski definition) is 6. The van der Waals surface area contributed by atoms with Crippen LogP contribution in [-0.4, -0.2) is 54.8 Å². The number of morpholine rings is 1. The van der Waals surface area contributed by atoms with E-state index in [-0.39, 0.29) is 5.91 Å². The first-order chi connectivity index (χ1) is 16.1. The van der Waals surface area contributed by atoms with E-state index in [0.29, 0.717) is 49.7 Å². The Morgan fingerprint density at radius 3 is 2.42 bits per heavy atom. The molecule has 0 N–H and O–H groups in total. The van der Waals surface area contributed by atoms with Gasteiger partial charge < -0.3 is 9.47 Å². The Hall–Kier alpha value is -3.55. The number of ether oxygens (including phenoxy) is 2. The Balaban J connectivity index is 1.66. The van der Waals surface area contributed by atoms with Crippen molar-refractivity contribution in [1.29, 1.82) is 0 Å². The van der Waals surface area contributed by atoms with E-state index in [4.69, 9.17) is 9.47 Å². The van der Waals surface area contributed by atoms with Crippen LogP contribution in [0.4, 0.5) is 5.69 Å². The topological polar surface area (TPSA) is 72.0 Å². The SMILES string of the molecule is CCOC(=O)c1ccc(-c2cc(C(=O)N(c3ccccc3)N3CCOCC3)ccc2C)nc1. The van der Waals surface area contributed by atoms with Crippen molar-refractivity contribution in [3.05, 3.63) is 83.6 Å². The molecule has 1 aromatic heterocycles. The molecule has 2 heterocycles. The summed E-state index contributed by atoms with van der Waals surface area (Å²) < 4.78 is 10.5. The van der Waals surface area contributed by atoms with Crippen molar-refractivity contribution in [2.75, 3.05) is 37.9 Å². The lowest BCUT2D eigenvalue weighted by molar-refractivity contribution is 0.0300. The zero-order chi connectivity index (χ0) is 23.2. The van der Waals surface area contributed by atoms with Gasteiger partial charge in [0.2, 0.25) is 0 Å². The molecule has 7 nitrogen and oxygen atoms in total. The maximum atomic E-state index is 13.7. The van der Waals surface area contributed by atoms with E-state index in [1.807, 2.05) is 60.5 Å². The van der Waals surface area contributed by atoms with Gasteiger partial charge in [-0.15, -0.1) is 0 Å². The molecule has 33 heavy (non-hydrogen) atoms. The van der Waals surface area contributed by atoms with E-state index in [2.05, 4.69) is 4.98 Å². The molecule has 0 aliphatic carbocycles. The average Bonchev–Trinajstić information content (AvgIpc) is 2.86. The van der Waals surface area contributed by atoms with Crippen LogP contribution >= 0.6 is 0 Å². The van der Waals surface area contributed by atoms with Gasteiger partial charge in [-0.25, -0.2) is 14.8 Å². The number of amides is 1.